The number of benzene rings is 1. The first kappa shape index (κ1) is 17.8. The van der Waals surface area contributed by atoms with Gasteiger partial charge in [-0.15, -0.1) is 0 Å². The summed E-state index contributed by atoms with van der Waals surface area (Å²) in [5, 5.41) is 5.69. The van der Waals surface area contributed by atoms with E-state index in [4.69, 9.17) is 0 Å². The van der Waals surface area contributed by atoms with E-state index in [-0.39, 0.29) is 6.03 Å². The van der Waals surface area contributed by atoms with Gasteiger partial charge in [0.1, 0.15) is 0 Å². The predicted molar refractivity (Wildman–Crippen MR) is 102 cm³/mol. The molecule has 0 radical (unpaired) electrons. The van der Waals surface area contributed by atoms with Gasteiger partial charge >= 0.3 is 6.03 Å². The summed E-state index contributed by atoms with van der Waals surface area (Å²) in [6.45, 7) is 1.62. The maximum atomic E-state index is 12.0. The zero-order chi connectivity index (χ0) is 17.5. The molecule has 0 saturated heterocycles. The molecule has 0 spiro atoms. The second kappa shape index (κ2) is 8.87. The van der Waals surface area contributed by atoms with E-state index in [2.05, 4.69) is 27.0 Å². The normalized spacial score (nSPS) is 14.2. The van der Waals surface area contributed by atoms with Gasteiger partial charge in [0.15, 0.2) is 0 Å². The van der Waals surface area contributed by atoms with Crippen LogP contribution in [-0.4, -0.2) is 28.9 Å². The molecule has 2 amide bonds. The number of rotatable bonds is 7. The van der Waals surface area contributed by atoms with Gasteiger partial charge in [-0.05, 0) is 79.7 Å². The largest absolute Gasteiger partial charge is 0.334 e. The Kier molecular flexibility index (Phi) is 6.30. The van der Waals surface area contributed by atoms with Gasteiger partial charge in [0.2, 0.25) is 0 Å². The monoisotopic (exact) mass is 356 g/mol. The van der Waals surface area contributed by atoms with Gasteiger partial charge in [0, 0.05) is 36.1 Å². The van der Waals surface area contributed by atoms with Crippen molar-refractivity contribution < 1.29 is 4.79 Å². The SMILES string of the molecule is CN(CC1CCC1)Sc1ccc(NC(=O)NCc2ccncc2)cc1. The fourth-order valence-electron chi connectivity index (χ4n) is 2.71. The average molecular weight is 356 g/mol. The third-order valence-electron chi connectivity index (χ3n) is 4.32. The van der Waals surface area contributed by atoms with E-state index in [1.165, 1.54) is 24.2 Å². The Morgan fingerprint density at radius 3 is 2.56 bits per heavy atom. The topological polar surface area (TPSA) is 57.3 Å². The van der Waals surface area contributed by atoms with Gasteiger partial charge in [0.25, 0.3) is 0 Å². The molecule has 1 aromatic carbocycles. The molecule has 0 atom stereocenters. The molecule has 1 fully saturated rings. The number of carbonyl (C=O) groups excluding carboxylic acids is 1. The van der Waals surface area contributed by atoms with Gasteiger partial charge in [-0.2, -0.15) is 0 Å². The number of amides is 2. The summed E-state index contributed by atoms with van der Waals surface area (Å²) in [7, 11) is 2.14. The van der Waals surface area contributed by atoms with E-state index < -0.39 is 0 Å². The van der Waals surface area contributed by atoms with E-state index >= 15 is 0 Å². The molecule has 1 aliphatic carbocycles. The maximum Gasteiger partial charge on any atom is 0.319 e. The smallest absolute Gasteiger partial charge is 0.319 e. The van der Waals surface area contributed by atoms with Crippen molar-refractivity contribution in [3.63, 3.8) is 0 Å². The maximum absolute atomic E-state index is 12.0. The Bertz CT molecular complexity index is 674. The number of urea groups is 1. The van der Waals surface area contributed by atoms with Crippen molar-refractivity contribution in [2.45, 2.75) is 30.7 Å². The summed E-state index contributed by atoms with van der Waals surface area (Å²) < 4.78 is 2.30. The second-order valence-corrected chi connectivity index (χ2v) is 7.66. The van der Waals surface area contributed by atoms with Crippen LogP contribution in [-0.2, 0) is 6.54 Å². The zero-order valence-electron chi connectivity index (χ0n) is 14.4. The number of pyridine rings is 1. The second-order valence-electron chi connectivity index (χ2n) is 6.39. The first-order chi connectivity index (χ1) is 12.2. The number of aromatic nitrogens is 1. The van der Waals surface area contributed by atoms with Crippen molar-refractivity contribution >= 4 is 23.7 Å². The molecular weight excluding hydrogens is 332 g/mol. The Labute approximate surface area is 153 Å². The van der Waals surface area contributed by atoms with Crippen molar-refractivity contribution in [2.75, 3.05) is 18.9 Å². The van der Waals surface area contributed by atoms with Crippen LogP contribution >= 0.6 is 11.9 Å². The van der Waals surface area contributed by atoms with Gasteiger partial charge in [-0.1, -0.05) is 6.42 Å². The third-order valence-corrected chi connectivity index (χ3v) is 5.26. The number of hydrogen-bond donors (Lipinski definition) is 2. The number of hydrogen-bond acceptors (Lipinski definition) is 4. The lowest BCUT2D eigenvalue weighted by Gasteiger charge is -2.29. The van der Waals surface area contributed by atoms with Crippen molar-refractivity contribution in [3.05, 3.63) is 54.4 Å². The minimum Gasteiger partial charge on any atom is -0.334 e. The molecule has 2 aromatic rings. The first-order valence-electron chi connectivity index (χ1n) is 8.62. The number of carbonyl (C=O) groups is 1. The van der Waals surface area contributed by atoms with E-state index in [9.17, 15) is 4.79 Å². The first-order valence-corrected chi connectivity index (χ1v) is 9.39. The fraction of sp³-hybridized carbons (Fsp3) is 0.368. The minimum absolute atomic E-state index is 0.209. The highest BCUT2D eigenvalue weighted by Crippen LogP contribution is 2.30. The van der Waals surface area contributed by atoms with Crippen LogP contribution < -0.4 is 10.6 Å². The minimum atomic E-state index is -0.209. The van der Waals surface area contributed by atoms with Crippen LogP contribution in [0.3, 0.4) is 0 Å². The molecule has 25 heavy (non-hydrogen) atoms. The highest BCUT2D eigenvalue weighted by atomic mass is 32.2. The van der Waals surface area contributed by atoms with Crippen LogP contribution in [0.25, 0.3) is 0 Å². The van der Waals surface area contributed by atoms with E-state index in [1.54, 1.807) is 24.3 Å². The lowest BCUT2D eigenvalue weighted by Crippen LogP contribution is -2.28. The highest BCUT2D eigenvalue weighted by Gasteiger charge is 2.19. The third kappa shape index (κ3) is 5.76. The van der Waals surface area contributed by atoms with E-state index in [1.807, 2.05) is 36.4 Å². The molecule has 1 aliphatic rings. The van der Waals surface area contributed by atoms with Crippen molar-refractivity contribution in [2.24, 2.45) is 5.92 Å². The number of nitrogens with zero attached hydrogens (tertiary/aromatic N) is 2. The standard InChI is InChI=1S/C19H24N4OS/c1-23(14-16-3-2-4-16)25-18-7-5-17(6-8-18)22-19(24)21-13-15-9-11-20-12-10-15/h5-12,16H,2-4,13-14H2,1H3,(H2,21,22,24). The molecule has 0 unspecified atom stereocenters. The zero-order valence-corrected chi connectivity index (χ0v) is 15.3. The van der Waals surface area contributed by atoms with Gasteiger partial charge < -0.3 is 10.6 Å². The molecule has 1 heterocycles. The summed E-state index contributed by atoms with van der Waals surface area (Å²) in [5.74, 6) is 0.863. The summed E-state index contributed by atoms with van der Waals surface area (Å²) in [4.78, 5) is 17.1. The van der Waals surface area contributed by atoms with Crippen LogP contribution in [0.2, 0.25) is 0 Å². The summed E-state index contributed by atoms with van der Waals surface area (Å²) in [6, 6.07) is 11.5. The Morgan fingerprint density at radius 2 is 1.92 bits per heavy atom. The lowest BCUT2D eigenvalue weighted by molar-refractivity contribution is 0.251. The summed E-state index contributed by atoms with van der Waals surface area (Å²) in [6.07, 6.45) is 7.54. The van der Waals surface area contributed by atoms with Crippen LogP contribution in [0.15, 0.2) is 53.7 Å². The van der Waals surface area contributed by atoms with Crippen LogP contribution in [0, 0.1) is 5.92 Å². The number of anilines is 1. The summed E-state index contributed by atoms with van der Waals surface area (Å²) >= 11 is 1.76. The molecule has 6 heteroatoms. The highest BCUT2D eigenvalue weighted by molar-refractivity contribution is 7.97. The van der Waals surface area contributed by atoms with E-state index in [0.717, 1.165) is 23.7 Å². The Morgan fingerprint density at radius 1 is 1.20 bits per heavy atom. The molecule has 132 valence electrons. The lowest BCUT2D eigenvalue weighted by atomic mass is 9.86. The summed E-state index contributed by atoms with van der Waals surface area (Å²) in [5.41, 5.74) is 1.81. The quantitative estimate of drug-likeness (QED) is 0.732. The van der Waals surface area contributed by atoms with Crippen molar-refractivity contribution in [1.29, 1.82) is 0 Å². The Hall–Kier alpha value is -2.05. The molecule has 0 bridgehead atoms. The average Bonchev–Trinajstić information content (AvgIpc) is 2.59. The van der Waals surface area contributed by atoms with Gasteiger partial charge in [0.05, 0.1) is 0 Å². The number of nitrogens with one attached hydrogen (secondary N) is 2. The van der Waals surface area contributed by atoms with Crippen molar-refractivity contribution in [3.8, 4) is 0 Å². The molecule has 3 rings (SSSR count). The van der Waals surface area contributed by atoms with Crippen molar-refractivity contribution in [1.82, 2.24) is 14.6 Å². The van der Waals surface area contributed by atoms with E-state index in [0.29, 0.717) is 6.54 Å². The van der Waals surface area contributed by atoms with Crippen LogP contribution in [0.4, 0.5) is 10.5 Å². The van der Waals surface area contributed by atoms with Gasteiger partial charge in [-0.3, -0.25) is 4.98 Å². The molecule has 2 N–H and O–H groups in total. The molecule has 1 aromatic heterocycles. The fourth-order valence-corrected chi connectivity index (χ4v) is 3.62. The molecular formula is C19H24N4OS. The Balaban J connectivity index is 1.42. The van der Waals surface area contributed by atoms with Crippen LogP contribution in [0.5, 0.6) is 0 Å². The molecule has 1 saturated carbocycles. The van der Waals surface area contributed by atoms with Gasteiger partial charge in [-0.25, -0.2) is 9.10 Å². The van der Waals surface area contributed by atoms with Crippen LogP contribution in [0.1, 0.15) is 24.8 Å². The predicted octanol–water partition coefficient (Wildman–Crippen LogP) is 4.14. The molecule has 0 aliphatic heterocycles. The molecule has 5 nitrogen and oxygen atoms in total.